The van der Waals surface area contributed by atoms with E-state index in [0.29, 0.717) is 18.4 Å². The second kappa shape index (κ2) is 4.97. The van der Waals surface area contributed by atoms with Crippen LogP contribution in [0.5, 0.6) is 0 Å². The van der Waals surface area contributed by atoms with E-state index in [0.717, 1.165) is 5.56 Å². The van der Waals surface area contributed by atoms with Crippen LogP contribution < -0.4 is 0 Å². The molecular weight excluding hydrogens is 180 g/mol. The number of aliphatic carboxylic acids is 1. The summed E-state index contributed by atoms with van der Waals surface area (Å²) < 4.78 is 0. The smallest absolute Gasteiger partial charge is 0.303 e. The van der Waals surface area contributed by atoms with Crippen LogP contribution in [-0.4, -0.2) is 16.1 Å². The highest BCUT2D eigenvalue weighted by atomic mass is 16.4. The average molecular weight is 190 g/mol. The number of carboxylic acid groups (broad SMARTS) is 1. The van der Waals surface area contributed by atoms with E-state index < -0.39 is 5.97 Å². The number of carbonyl (C=O) groups is 1. The van der Waals surface area contributed by atoms with Crippen LogP contribution in [0.15, 0.2) is 18.5 Å². The summed E-state index contributed by atoms with van der Waals surface area (Å²) in [6, 6.07) is 3.72. The lowest BCUT2D eigenvalue weighted by Crippen LogP contribution is -1.96. The molecule has 0 spiro atoms. The van der Waals surface area contributed by atoms with Crippen LogP contribution in [-0.2, 0) is 11.2 Å². The molecule has 4 nitrogen and oxygen atoms in total. The SMILES string of the molecule is N#Cc1cncc(CCCC(=O)O)c1. The van der Waals surface area contributed by atoms with Gasteiger partial charge in [-0.15, -0.1) is 0 Å². The van der Waals surface area contributed by atoms with Crippen molar-refractivity contribution in [3.05, 3.63) is 29.6 Å². The molecule has 0 bridgehead atoms. The Bertz CT molecular complexity index is 369. The van der Waals surface area contributed by atoms with Gasteiger partial charge in [-0.25, -0.2) is 0 Å². The predicted molar refractivity (Wildman–Crippen MR) is 49.5 cm³/mol. The monoisotopic (exact) mass is 190 g/mol. The van der Waals surface area contributed by atoms with E-state index >= 15 is 0 Å². The minimum absolute atomic E-state index is 0.150. The fourth-order valence-electron chi connectivity index (χ4n) is 1.13. The third-order valence-corrected chi connectivity index (χ3v) is 1.78. The second-order valence-electron chi connectivity index (χ2n) is 2.94. The summed E-state index contributed by atoms with van der Waals surface area (Å²) in [7, 11) is 0. The van der Waals surface area contributed by atoms with E-state index in [2.05, 4.69) is 4.98 Å². The molecule has 0 aliphatic rings. The van der Waals surface area contributed by atoms with E-state index in [4.69, 9.17) is 10.4 Å². The number of carboxylic acids is 1. The summed E-state index contributed by atoms with van der Waals surface area (Å²) >= 11 is 0. The van der Waals surface area contributed by atoms with Gasteiger partial charge in [0.25, 0.3) is 0 Å². The van der Waals surface area contributed by atoms with Crippen LogP contribution in [0.25, 0.3) is 0 Å². The Balaban J connectivity index is 2.51. The van der Waals surface area contributed by atoms with Crippen molar-refractivity contribution in [2.24, 2.45) is 0 Å². The van der Waals surface area contributed by atoms with E-state index in [-0.39, 0.29) is 6.42 Å². The van der Waals surface area contributed by atoms with E-state index in [1.807, 2.05) is 6.07 Å². The lowest BCUT2D eigenvalue weighted by molar-refractivity contribution is -0.137. The first-order chi connectivity index (χ1) is 6.72. The fraction of sp³-hybridized carbons (Fsp3) is 0.300. The van der Waals surface area contributed by atoms with Gasteiger partial charge in [0, 0.05) is 18.8 Å². The number of nitriles is 1. The minimum Gasteiger partial charge on any atom is -0.481 e. The van der Waals surface area contributed by atoms with Crippen LogP contribution >= 0.6 is 0 Å². The Morgan fingerprint density at radius 1 is 1.57 bits per heavy atom. The Hall–Kier alpha value is -1.89. The van der Waals surface area contributed by atoms with Gasteiger partial charge >= 0.3 is 5.97 Å². The molecule has 1 aromatic rings. The van der Waals surface area contributed by atoms with Gasteiger partial charge < -0.3 is 5.11 Å². The molecular formula is C10H10N2O2. The summed E-state index contributed by atoms with van der Waals surface area (Å²) in [5.41, 5.74) is 1.42. The molecule has 0 amide bonds. The molecule has 1 aromatic heterocycles. The third kappa shape index (κ3) is 3.23. The molecule has 1 rings (SSSR count). The van der Waals surface area contributed by atoms with Crippen molar-refractivity contribution < 1.29 is 9.90 Å². The molecule has 0 radical (unpaired) electrons. The number of aryl methyl sites for hydroxylation is 1. The van der Waals surface area contributed by atoms with Crippen molar-refractivity contribution in [3.8, 4) is 6.07 Å². The molecule has 1 heterocycles. The average Bonchev–Trinajstić information content (AvgIpc) is 2.18. The minimum atomic E-state index is -0.797. The predicted octanol–water partition coefficient (Wildman–Crippen LogP) is 1.36. The third-order valence-electron chi connectivity index (χ3n) is 1.78. The molecule has 0 fully saturated rings. The maximum Gasteiger partial charge on any atom is 0.303 e. The van der Waals surface area contributed by atoms with Crippen LogP contribution in [0.4, 0.5) is 0 Å². The summed E-state index contributed by atoms with van der Waals surface area (Å²) in [5, 5.41) is 17.0. The number of pyridine rings is 1. The van der Waals surface area contributed by atoms with Gasteiger partial charge in [0.15, 0.2) is 0 Å². The number of hydrogen-bond acceptors (Lipinski definition) is 3. The number of rotatable bonds is 4. The van der Waals surface area contributed by atoms with Crippen molar-refractivity contribution >= 4 is 5.97 Å². The van der Waals surface area contributed by atoms with Crippen LogP contribution in [0.3, 0.4) is 0 Å². The molecule has 0 atom stereocenters. The van der Waals surface area contributed by atoms with Crippen LogP contribution in [0.1, 0.15) is 24.0 Å². The molecule has 14 heavy (non-hydrogen) atoms. The van der Waals surface area contributed by atoms with Gasteiger partial charge in [0.1, 0.15) is 6.07 Å². The number of hydrogen-bond donors (Lipinski definition) is 1. The van der Waals surface area contributed by atoms with Crippen molar-refractivity contribution in [1.82, 2.24) is 4.98 Å². The van der Waals surface area contributed by atoms with Crippen LogP contribution in [0.2, 0.25) is 0 Å². The first-order valence-electron chi connectivity index (χ1n) is 4.28. The zero-order chi connectivity index (χ0) is 10.4. The zero-order valence-corrected chi connectivity index (χ0v) is 7.60. The molecule has 72 valence electrons. The van der Waals surface area contributed by atoms with E-state index in [1.54, 1.807) is 12.3 Å². The maximum atomic E-state index is 10.2. The first kappa shape index (κ1) is 10.2. The van der Waals surface area contributed by atoms with Gasteiger partial charge in [0.05, 0.1) is 5.56 Å². The normalized spacial score (nSPS) is 9.36. The summed E-state index contributed by atoms with van der Waals surface area (Å²) in [4.78, 5) is 14.1. The topological polar surface area (TPSA) is 74.0 Å². The van der Waals surface area contributed by atoms with Crippen molar-refractivity contribution in [2.75, 3.05) is 0 Å². The van der Waals surface area contributed by atoms with Gasteiger partial charge in [0.2, 0.25) is 0 Å². The lowest BCUT2D eigenvalue weighted by atomic mass is 10.1. The molecule has 0 aromatic carbocycles. The molecule has 0 aliphatic heterocycles. The molecule has 1 N–H and O–H groups in total. The largest absolute Gasteiger partial charge is 0.481 e. The second-order valence-corrected chi connectivity index (χ2v) is 2.94. The highest BCUT2D eigenvalue weighted by Gasteiger charge is 1.99. The molecule has 0 unspecified atom stereocenters. The van der Waals surface area contributed by atoms with Gasteiger partial charge in [-0.1, -0.05) is 0 Å². The number of nitrogens with zero attached hydrogens (tertiary/aromatic N) is 2. The van der Waals surface area contributed by atoms with Gasteiger partial charge in [-0.2, -0.15) is 5.26 Å². The zero-order valence-electron chi connectivity index (χ0n) is 7.60. The summed E-state index contributed by atoms with van der Waals surface area (Å²) in [6.07, 6.45) is 4.51. The Kier molecular flexibility index (Phi) is 3.62. The van der Waals surface area contributed by atoms with Crippen molar-refractivity contribution in [2.45, 2.75) is 19.3 Å². The Labute approximate surface area is 81.8 Å². The van der Waals surface area contributed by atoms with Gasteiger partial charge in [-0.3, -0.25) is 9.78 Å². The Morgan fingerprint density at radius 2 is 2.36 bits per heavy atom. The van der Waals surface area contributed by atoms with E-state index in [1.165, 1.54) is 6.20 Å². The quantitative estimate of drug-likeness (QED) is 0.777. The van der Waals surface area contributed by atoms with Crippen molar-refractivity contribution in [3.63, 3.8) is 0 Å². The fourth-order valence-corrected chi connectivity index (χ4v) is 1.13. The standard InChI is InChI=1S/C10H10N2O2/c11-5-9-4-8(6-12-7-9)2-1-3-10(13)14/h4,6-7H,1-3H2,(H,13,14). The van der Waals surface area contributed by atoms with Gasteiger partial charge in [-0.05, 0) is 24.5 Å². The first-order valence-corrected chi connectivity index (χ1v) is 4.28. The van der Waals surface area contributed by atoms with Crippen LogP contribution in [0, 0.1) is 11.3 Å². The molecule has 0 saturated heterocycles. The molecule has 0 saturated carbocycles. The molecule has 0 aliphatic carbocycles. The Morgan fingerprint density at radius 3 is 3.00 bits per heavy atom. The summed E-state index contributed by atoms with van der Waals surface area (Å²) in [6.45, 7) is 0. The van der Waals surface area contributed by atoms with Crippen molar-refractivity contribution in [1.29, 1.82) is 5.26 Å². The highest BCUT2D eigenvalue weighted by molar-refractivity contribution is 5.66. The highest BCUT2D eigenvalue weighted by Crippen LogP contribution is 2.05. The van der Waals surface area contributed by atoms with E-state index in [9.17, 15) is 4.79 Å². The summed E-state index contributed by atoms with van der Waals surface area (Å²) in [5.74, 6) is -0.797. The maximum absolute atomic E-state index is 10.2. The molecule has 4 heteroatoms. The lowest BCUT2D eigenvalue weighted by Gasteiger charge is -1.98. The number of aromatic nitrogens is 1.